The summed E-state index contributed by atoms with van der Waals surface area (Å²) in [6.07, 6.45) is 0. The monoisotopic (exact) mass is 244 g/mol. The third-order valence-electron chi connectivity index (χ3n) is 2.45. The van der Waals surface area contributed by atoms with E-state index < -0.39 is 11.6 Å². The third kappa shape index (κ3) is 3.56. The molecule has 0 saturated carbocycles. The quantitative estimate of drug-likeness (QED) is 0.617. The number of nitrogen functional groups attached to an aromatic ring is 1. The number of hydrogen-bond donors (Lipinski definition) is 1. The first kappa shape index (κ1) is 13.7. The van der Waals surface area contributed by atoms with Gasteiger partial charge >= 0.3 is 0 Å². The third-order valence-corrected chi connectivity index (χ3v) is 2.45. The van der Waals surface area contributed by atoms with Crippen LogP contribution in [-0.4, -0.2) is 26.3 Å². The lowest BCUT2D eigenvalue weighted by atomic mass is 10.2. The maximum atomic E-state index is 13.7. The summed E-state index contributed by atoms with van der Waals surface area (Å²) >= 11 is 0. The van der Waals surface area contributed by atoms with Crippen LogP contribution in [0.25, 0.3) is 0 Å². The average molecular weight is 244 g/mol. The van der Waals surface area contributed by atoms with Crippen molar-refractivity contribution < 1.29 is 13.5 Å². The molecule has 0 aliphatic carbocycles. The zero-order chi connectivity index (χ0) is 12.8. The lowest BCUT2D eigenvalue weighted by Gasteiger charge is -2.24. The highest BCUT2D eigenvalue weighted by Crippen LogP contribution is 2.25. The summed E-state index contributed by atoms with van der Waals surface area (Å²) < 4.78 is 32.5. The zero-order valence-electron chi connectivity index (χ0n) is 10.2. The molecule has 5 heteroatoms. The molecule has 96 valence electrons. The Balaban J connectivity index is 2.87. The smallest absolute Gasteiger partial charge is 0.151 e. The molecule has 1 rings (SSSR count). The van der Waals surface area contributed by atoms with Gasteiger partial charge in [0.25, 0.3) is 0 Å². The average Bonchev–Trinajstić information content (AvgIpc) is 2.25. The van der Waals surface area contributed by atoms with Crippen LogP contribution in [0.15, 0.2) is 12.1 Å². The number of nitrogens with zero attached hydrogens (tertiary/aromatic N) is 1. The van der Waals surface area contributed by atoms with Gasteiger partial charge in [-0.15, -0.1) is 0 Å². The maximum Gasteiger partial charge on any atom is 0.151 e. The Morgan fingerprint density at radius 1 is 1.24 bits per heavy atom. The van der Waals surface area contributed by atoms with Gasteiger partial charge in [0.2, 0.25) is 0 Å². The first-order valence-corrected chi connectivity index (χ1v) is 5.67. The normalized spacial score (nSPS) is 10.6. The summed E-state index contributed by atoms with van der Waals surface area (Å²) in [5.41, 5.74) is 5.42. The van der Waals surface area contributed by atoms with Gasteiger partial charge in [-0.1, -0.05) is 0 Å². The van der Waals surface area contributed by atoms with E-state index >= 15 is 0 Å². The van der Waals surface area contributed by atoms with E-state index in [2.05, 4.69) is 0 Å². The summed E-state index contributed by atoms with van der Waals surface area (Å²) in [5, 5.41) is 0. The number of hydrogen-bond acceptors (Lipinski definition) is 3. The number of anilines is 2. The minimum atomic E-state index is -0.638. The molecular formula is C12H18F2N2O. The van der Waals surface area contributed by atoms with Gasteiger partial charge in [0.15, 0.2) is 11.6 Å². The number of likely N-dealkylation sites (N-methyl/N-ethyl adjacent to an activating group) is 1. The lowest BCUT2D eigenvalue weighted by molar-refractivity contribution is 0.154. The van der Waals surface area contributed by atoms with Crippen molar-refractivity contribution in [3.8, 4) is 0 Å². The molecule has 0 radical (unpaired) electrons. The largest absolute Gasteiger partial charge is 0.399 e. The SMILES string of the molecule is CCOCCN(CC)c1c(F)cc(N)cc1F. The predicted octanol–water partition coefficient (Wildman–Crippen LogP) is 2.41. The van der Waals surface area contributed by atoms with Crippen LogP contribution < -0.4 is 10.6 Å². The molecular weight excluding hydrogens is 226 g/mol. The van der Waals surface area contributed by atoms with E-state index in [0.717, 1.165) is 12.1 Å². The number of benzene rings is 1. The van der Waals surface area contributed by atoms with Crippen LogP contribution in [-0.2, 0) is 4.74 Å². The van der Waals surface area contributed by atoms with E-state index in [1.165, 1.54) is 0 Å². The van der Waals surface area contributed by atoms with Crippen molar-refractivity contribution in [2.45, 2.75) is 13.8 Å². The van der Waals surface area contributed by atoms with Crippen molar-refractivity contribution >= 4 is 11.4 Å². The topological polar surface area (TPSA) is 38.5 Å². The second kappa shape index (κ2) is 6.39. The van der Waals surface area contributed by atoms with E-state index in [1.54, 1.807) is 4.90 Å². The molecule has 3 nitrogen and oxygen atoms in total. The Bertz CT molecular complexity index is 349. The number of halogens is 2. The molecule has 0 fully saturated rings. The van der Waals surface area contributed by atoms with Crippen molar-refractivity contribution in [2.75, 3.05) is 36.9 Å². The van der Waals surface area contributed by atoms with Gasteiger partial charge < -0.3 is 15.4 Å². The summed E-state index contributed by atoms with van der Waals surface area (Å²) in [4.78, 5) is 1.60. The zero-order valence-corrected chi connectivity index (χ0v) is 10.2. The Morgan fingerprint density at radius 3 is 2.29 bits per heavy atom. The van der Waals surface area contributed by atoms with Crippen LogP contribution in [0, 0.1) is 11.6 Å². The van der Waals surface area contributed by atoms with Crippen molar-refractivity contribution in [1.29, 1.82) is 0 Å². The highest BCUT2D eigenvalue weighted by Gasteiger charge is 2.16. The first-order chi connectivity index (χ1) is 8.10. The van der Waals surface area contributed by atoms with E-state index in [1.807, 2.05) is 13.8 Å². The Labute approximate surface area is 100 Å². The van der Waals surface area contributed by atoms with Crippen molar-refractivity contribution in [1.82, 2.24) is 0 Å². The molecule has 1 aromatic rings. The molecule has 1 aromatic carbocycles. The number of nitrogens with two attached hydrogens (primary N) is 1. The van der Waals surface area contributed by atoms with Gasteiger partial charge in [-0.3, -0.25) is 0 Å². The number of rotatable bonds is 6. The molecule has 0 aliphatic heterocycles. The first-order valence-electron chi connectivity index (χ1n) is 5.67. The minimum absolute atomic E-state index is 0.0404. The fraction of sp³-hybridized carbons (Fsp3) is 0.500. The molecule has 2 N–H and O–H groups in total. The van der Waals surface area contributed by atoms with Crippen LogP contribution in [0.4, 0.5) is 20.2 Å². The molecule has 0 saturated heterocycles. The van der Waals surface area contributed by atoms with Gasteiger partial charge in [0.05, 0.1) is 6.61 Å². The lowest BCUT2D eigenvalue weighted by Crippen LogP contribution is -2.29. The van der Waals surface area contributed by atoms with Crippen LogP contribution in [0.2, 0.25) is 0 Å². The Morgan fingerprint density at radius 2 is 1.82 bits per heavy atom. The fourth-order valence-electron chi connectivity index (χ4n) is 1.63. The van der Waals surface area contributed by atoms with E-state index in [9.17, 15) is 8.78 Å². The van der Waals surface area contributed by atoms with Gasteiger partial charge in [-0.05, 0) is 26.0 Å². The van der Waals surface area contributed by atoms with Gasteiger partial charge in [-0.25, -0.2) is 8.78 Å². The van der Waals surface area contributed by atoms with Crippen LogP contribution >= 0.6 is 0 Å². The molecule has 0 unspecified atom stereocenters. The van der Waals surface area contributed by atoms with Crippen molar-refractivity contribution in [3.63, 3.8) is 0 Å². The summed E-state index contributed by atoms with van der Waals surface area (Å²) in [6.45, 7) is 5.69. The molecule has 0 aliphatic rings. The fourth-order valence-corrected chi connectivity index (χ4v) is 1.63. The molecule has 0 spiro atoms. The van der Waals surface area contributed by atoms with Crippen LogP contribution in [0.5, 0.6) is 0 Å². The van der Waals surface area contributed by atoms with E-state index in [0.29, 0.717) is 26.3 Å². The van der Waals surface area contributed by atoms with Gasteiger partial charge in [-0.2, -0.15) is 0 Å². The molecule has 0 atom stereocenters. The summed E-state index contributed by atoms with van der Waals surface area (Å²) in [6, 6.07) is 2.25. The summed E-state index contributed by atoms with van der Waals surface area (Å²) in [5.74, 6) is -1.28. The van der Waals surface area contributed by atoms with E-state index in [-0.39, 0.29) is 11.4 Å². The van der Waals surface area contributed by atoms with Crippen LogP contribution in [0.3, 0.4) is 0 Å². The van der Waals surface area contributed by atoms with Crippen molar-refractivity contribution in [2.24, 2.45) is 0 Å². The minimum Gasteiger partial charge on any atom is -0.399 e. The standard InChI is InChI=1S/C12H18F2N2O/c1-3-16(5-6-17-4-2)12-10(13)7-9(15)8-11(12)14/h7-8H,3-6,15H2,1-2H3. The molecule has 0 aromatic heterocycles. The predicted molar refractivity (Wildman–Crippen MR) is 65.2 cm³/mol. The number of ether oxygens (including phenoxy) is 1. The summed E-state index contributed by atoms with van der Waals surface area (Å²) in [7, 11) is 0. The van der Waals surface area contributed by atoms with Crippen molar-refractivity contribution in [3.05, 3.63) is 23.8 Å². The Kier molecular flexibility index (Phi) is 5.15. The highest BCUT2D eigenvalue weighted by atomic mass is 19.1. The molecule has 0 bridgehead atoms. The maximum absolute atomic E-state index is 13.7. The molecule has 0 amide bonds. The van der Waals surface area contributed by atoms with Crippen LogP contribution in [0.1, 0.15) is 13.8 Å². The second-order valence-electron chi connectivity index (χ2n) is 3.61. The second-order valence-corrected chi connectivity index (χ2v) is 3.61. The van der Waals surface area contributed by atoms with Gasteiger partial charge in [0.1, 0.15) is 5.69 Å². The molecule has 17 heavy (non-hydrogen) atoms. The highest BCUT2D eigenvalue weighted by molar-refractivity contribution is 5.55. The van der Waals surface area contributed by atoms with Gasteiger partial charge in [0, 0.05) is 25.4 Å². The van der Waals surface area contributed by atoms with E-state index in [4.69, 9.17) is 10.5 Å². The molecule has 0 heterocycles. The Hall–Kier alpha value is -1.36.